The van der Waals surface area contributed by atoms with Crippen LogP contribution in [-0.4, -0.2) is 34.7 Å². The quantitative estimate of drug-likeness (QED) is 0.499. The fourth-order valence-corrected chi connectivity index (χ4v) is 2.83. The normalized spacial score (nSPS) is 13.0. The first kappa shape index (κ1) is 17.7. The van der Waals surface area contributed by atoms with Crippen LogP contribution in [0.15, 0.2) is 21.6 Å². The van der Waals surface area contributed by atoms with Gasteiger partial charge in [0.05, 0.1) is 19.2 Å². The molecule has 0 saturated heterocycles. The zero-order valence-corrected chi connectivity index (χ0v) is 13.2. The molecule has 1 unspecified atom stereocenters. The molecule has 0 aromatic carbocycles. The molecule has 0 saturated carbocycles. The number of furan rings is 1. The molecule has 0 spiro atoms. The molecule has 21 heavy (non-hydrogen) atoms. The van der Waals surface area contributed by atoms with Crippen molar-refractivity contribution in [1.29, 1.82) is 0 Å². The summed E-state index contributed by atoms with van der Waals surface area (Å²) in [4.78, 5) is 0. The molecule has 6 nitrogen and oxygen atoms in total. The van der Waals surface area contributed by atoms with Crippen molar-refractivity contribution in [1.82, 2.24) is 10.0 Å². The number of terminal acetylenes is 1. The smallest absolute Gasteiger partial charge is 0.275 e. The minimum absolute atomic E-state index is 0.123. The van der Waals surface area contributed by atoms with E-state index < -0.39 is 16.1 Å². The molecule has 0 fully saturated rings. The number of hydrogen-bond acceptors (Lipinski definition) is 5. The fourth-order valence-electron chi connectivity index (χ4n) is 1.69. The van der Waals surface area contributed by atoms with Gasteiger partial charge in [0, 0.05) is 13.7 Å². The van der Waals surface area contributed by atoms with Gasteiger partial charge in [0.2, 0.25) is 5.09 Å². The number of rotatable bonds is 10. The van der Waals surface area contributed by atoms with Gasteiger partial charge in [0.25, 0.3) is 10.0 Å². The van der Waals surface area contributed by atoms with Crippen LogP contribution >= 0.6 is 0 Å². The number of methoxy groups -OCH3 is 1. The highest BCUT2D eigenvalue weighted by atomic mass is 32.2. The molecule has 0 aliphatic carbocycles. The highest BCUT2D eigenvalue weighted by molar-refractivity contribution is 7.89. The second-order valence-electron chi connectivity index (χ2n) is 4.52. The molecule has 0 radical (unpaired) electrons. The SMILES string of the molecule is C#CC(CCC)NS(=O)(=O)c1ccc(CNCCOC)o1. The summed E-state index contributed by atoms with van der Waals surface area (Å²) in [5, 5.41) is 2.95. The second-order valence-corrected chi connectivity index (χ2v) is 6.16. The minimum atomic E-state index is -3.72. The minimum Gasteiger partial charge on any atom is -0.447 e. The molecule has 1 aromatic rings. The first-order valence-electron chi connectivity index (χ1n) is 6.80. The van der Waals surface area contributed by atoms with Gasteiger partial charge in [-0.3, -0.25) is 0 Å². The van der Waals surface area contributed by atoms with E-state index in [4.69, 9.17) is 15.6 Å². The Morgan fingerprint density at radius 3 is 2.86 bits per heavy atom. The van der Waals surface area contributed by atoms with Crippen LogP contribution in [0.5, 0.6) is 0 Å². The molecular formula is C14H22N2O4S. The molecule has 1 aromatic heterocycles. The fraction of sp³-hybridized carbons (Fsp3) is 0.571. The summed E-state index contributed by atoms with van der Waals surface area (Å²) in [7, 11) is -2.11. The monoisotopic (exact) mass is 314 g/mol. The summed E-state index contributed by atoms with van der Waals surface area (Å²) < 4.78 is 36.9. The van der Waals surface area contributed by atoms with Crippen molar-refractivity contribution in [2.24, 2.45) is 0 Å². The highest BCUT2D eigenvalue weighted by Crippen LogP contribution is 2.14. The van der Waals surface area contributed by atoms with Crippen molar-refractivity contribution >= 4 is 10.0 Å². The average Bonchev–Trinajstić information content (AvgIpc) is 2.92. The van der Waals surface area contributed by atoms with Crippen molar-refractivity contribution in [2.45, 2.75) is 37.4 Å². The third-order valence-corrected chi connectivity index (χ3v) is 4.10. The van der Waals surface area contributed by atoms with E-state index in [1.165, 1.54) is 6.07 Å². The van der Waals surface area contributed by atoms with Gasteiger partial charge in [-0.25, -0.2) is 8.42 Å². The molecule has 1 heterocycles. The van der Waals surface area contributed by atoms with Crippen LogP contribution in [0.3, 0.4) is 0 Å². The molecule has 1 atom stereocenters. The Kier molecular flexibility index (Phi) is 7.47. The average molecular weight is 314 g/mol. The van der Waals surface area contributed by atoms with E-state index in [-0.39, 0.29) is 5.09 Å². The van der Waals surface area contributed by atoms with E-state index in [0.717, 1.165) is 6.42 Å². The maximum Gasteiger partial charge on any atom is 0.275 e. The molecule has 7 heteroatoms. The Morgan fingerprint density at radius 1 is 1.48 bits per heavy atom. The maximum atomic E-state index is 12.1. The van der Waals surface area contributed by atoms with Gasteiger partial charge < -0.3 is 14.5 Å². The molecule has 0 aliphatic heterocycles. The van der Waals surface area contributed by atoms with Crippen LogP contribution in [0, 0.1) is 12.3 Å². The van der Waals surface area contributed by atoms with Gasteiger partial charge in [0.1, 0.15) is 5.76 Å². The highest BCUT2D eigenvalue weighted by Gasteiger charge is 2.21. The van der Waals surface area contributed by atoms with Gasteiger partial charge in [-0.1, -0.05) is 19.3 Å². The molecule has 2 N–H and O–H groups in total. The van der Waals surface area contributed by atoms with Gasteiger partial charge >= 0.3 is 0 Å². The van der Waals surface area contributed by atoms with Crippen molar-refractivity contribution in [2.75, 3.05) is 20.3 Å². The third kappa shape index (κ3) is 5.89. The lowest BCUT2D eigenvalue weighted by molar-refractivity contribution is 0.198. The lowest BCUT2D eigenvalue weighted by atomic mass is 10.2. The molecule has 0 amide bonds. The summed E-state index contributed by atoms with van der Waals surface area (Å²) in [5.74, 6) is 2.97. The summed E-state index contributed by atoms with van der Waals surface area (Å²) in [5.41, 5.74) is 0. The number of sulfonamides is 1. The van der Waals surface area contributed by atoms with Crippen molar-refractivity contribution in [3.05, 3.63) is 17.9 Å². The summed E-state index contributed by atoms with van der Waals surface area (Å²) in [6.45, 7) is 3.61. The van der Waals surface area contributed by atoms with Gasteiger partial charge in [-0.15, -0.1) is 6.42 Å². The lowest BCUT2D eigenvalue weighted by Gasteiger charge is -2.10. The van der Waals surface area contributed by atoms with Crippen LogP contribution in [0.4, 0.5) is 0 Å². The van der Waals surface area contributed by atoms with E-state index in [0.29, 0.717) is 31.9 Å². The zero-order valence-electron chi connectivity index (χ0n) is 12.4. The first-order chi connectivity index (χ1) is 10.0. The number of nitrogens with one attached hydrogen (secondary N) is 2. The zero-order chi connectivity index (χ0) is 15.7. The van der Waals surface area contributed by atoms with E-state index in [1.807, 2.05) is 6.92 Å². The number of ether oxygens (including phenoxy) is 1. The Bertz CT molecular complexity index is 560. The first-order valence-corrected chi connectivity index (χ1v) is 8.28. The van der Waals surface area contributed by atoms with Gasteiger partial charge in [0.15, 0.2) is 0 Å². The van der Waals surface area contributed by atoms with Crippen molar-refractivity contribution in [3.63, 3.8) is 0 Å². The van der Waals surface area contributed by atoms with Crippen LogP contribution < -0.4 is 10.0 Å². The Labute approximate surface area is 126 Å². The van der Waals surface area contributed by atoms with E-state index in [9.17, 15) is 8.42 Å². The van der Waals surface area contributed by atoms with Crippen molar-refractivity contribution < 1.29 is 17.6 Å². The molecule has 1 rings (SSSR count). The van der Waals surface area contributed by atoms with E-state index >= 15 is 0 Å². The Hall–Kier alpha value is -1.33. The Balaban J connectivity index is 2.63. The topological polar surface area (TPSA) is 80.6 Å². The summed E-state index contributed by atoms with van der Waals surface area (Å²) >= 11 is 0. The van der Waals surface area contributed by atoms with E-state index in [2.05, 4.69) is 16.0 Å². The second kappa shape index (κ2) is 8.85. The van der Waals surface area contributed by atoms with Crippen LogP contribution in [0.1, 0.15) is 25.5 Å². The third-order valence-electron chi connectivity index (χ3n) is 2.76. The van der Waals surface area contributed by atoms with Crippen molar-refractivity contribution in [3.8, 4) is 12.3 Å². The standard InChI is InChI=1S/C14H22N2O4S/c1-4-6-12(5-2)16-21(17,18)14-8-7-13(20-14)11-15-9-10-19-3/h2,7-8,12,15-16H,4,6,9-11H2,1,3H3. The predicted molar refractivity (Wildman–Crippen MR) is 80.1 cm³/mol. The van der Waals surface area contributed by atoms with E-state index in [1.54, 1.807) is 13.2 Å². The van der Waals surface area contributed by atoms with Gasteiger partial charge in [-0.2, -0.15) is 4.72 Å². The number of hydrogen-bond donors (Lipinski definition) is 2. The summed E-state index contributed by atoms with van der Waals surface area (Å²) in [6.07, 6.45) is 6.70. The van der Waals surface area contributed by atoms with Gasteiger partial charge in [-0.05, 0) is 18.6 Å². The lowest BCUT2D eigenvalue weighted by Crippen LogP contribution is -2.33. The Morgan fingerprint density at radius 2 is 2.24 bits per heavy atom. The van der Waals surface area contributed by atoms with Crippen LogP contribution in [-0.2, 0) is 21.3 Å². The molecular weight excluding hydrogens is 292 g/mol. The largest absolute Gasteiger partial charge is 0.447 e. The van der Waals surface area contributed by atoms with Crippen LogP contribution in [0.25, 0.3) is 0 Å². The molecule has 0 aliphatic rings. The maximum absolute atomic E-state index is 12.1. The van der Waals surface area contributed by atoms with Crippen LogP contribution in [0.2, 0.25) is 0 Å². The molecule has 118 valence electrons. The summed E-state index contributed by atoms with van der Waals surface area (Å²) in [6, 6.07) is 2.53. The molecule has 0 bridgehead atoms. The predicted octanol–water partition coefficient (Wildman–Crippen LogP) is 1.10.